The summed E-state index contributed by atoms with van der Waals surface area (Å²) in [5.41, 5.74) is 3.72. The maximum Gasteiger partial charge on any atom is 0.263 e. The van der Waals surface area contributed by atoms with Crippen LogP contribution in [-0.2, 0) is 13.0 Å². The number of aryl methyl sites for hydroxylation is 4. The Morgan fingerprint density at radius 3 is 2.88 bits per heavy atom. The quantitative estimate of drug-likeness (QED) is 0.490. The van der Waals surface area contributed by atoms with E-state index in [0.717, 1.165) is 47.2 Å². The van der Waals surface area contributed by atoms with Gasteiger partial charge < -0.3 is 19.0 Å². The van der Waals surface area contributed by atoms with Gasteiger partial charge in [0.05, 0.1) is 6.04 Å². The maximum absolute atomic E-state index is 13.6. The van der Waals surface area contributed by atoms with Crippen LogP contribution in [0.3, 0.4) is 0 Å². The molecule has 3 aromatic heterocycles. The van der Waals surface area contributed by atoms with Gasteiger partial charge in [-0.2, -0.15) is 0 Å². The lowest BCUT2D eigenvalue weighted by Gasteiger charge is -2.34. The number of carbonyl (C=O) groups excluding carboxylic acids is 1. The van der Waals surface area contributed by atoms with Crippen molar-refractivity contribution in [1.82, 2.24) is 19.6 Å². The van der Waals surface area contributed by atoms with E-state index in [4.69, 9.17) is 4.52 Å². The zero-order chi connectivity index (χ0) is 22.9. The molecule has 1 aliphatic heterocycles. The zero-order valence-corrected chi connectivity index (χ0v) is 19.0. The van der Waals surface area contributed by atoms with Crippen LogP contribution in [0.4, 0.5) is 0 Å². The van der Waals surface area contributed by atoms with Crippen molar-refractivity contribution in [2.45, 2.75) is 52.1 Å². The molecule has 1 amide bonds. The fourth-order valence-corrected chi connectivity index (χ4v) is 4.85. The summed E-state index contributed by atoms with van der Waals surface area (Å²) in [6.07, 6.45) is 7.23. The highest BCUT2D eigenvalue weighted by atomic mass is 16.5. The molecule has 1 aliphatic rings. The molecule has 5 rings (SSSR count). The number of fused-ring (bicyclic) bond motifs is 1. The SMILES string of the molecule is Cc1cc(C2CCCCN2C(=O)c2c(C)ccn(CCc3c[nH]c4ccccc34)c2=O)no1. The minimum atomic E-state index is -0.236. The van der Waals surface area contributed by atoms with E-state index in [1.165, 1.54) is 0 Å². The van der Waals surface area contributed by atoms with Gasteiger partial charge in [0.25, 0.3) is 11.5 Å². The molecule has 0 radical (unpaired) electrons. The van der Waals surface area contributed by atoms with Crippen molar-refractivity contribution in [3.8, 4) is 0 Å². The smallest absolute Gasteiger partial charge is 0.263 e. The summed E-state index contributed by atoms with van der Waals surface area (Å²) in [6.45, 7) is 4.79. The first-order valence-electron chi connectivity index (χ1n) is 11.5. The number of H-pyrrole nitrogens is 1. The van der Waals surface area contributed by atoms with Crippen molar-refractivity contribution >= 4 is 16.8 Å². The molecule has 170 valence electrons. The second-order valence-electron chi connectivity index (χ2n) is 8.85. The topological polar surface area (TPSA) is 84.1 Å². The third-order valence-corrected chi connectivity index (χ3v) is 6.64. The van der Waals surface area contributed by atoms with E-state index >= 15 is 0 Å². The molecular formula is C26H28N4O3. The summed E-state index contributed by atoms with van der Waals surface area (Å²) < 4.78 is 6.91. The molecule has 0 spiro atoms. The minimum Gasteiger partial charge on any atom is -0.361 e. The largest absolute Gasteiger partial charge is 0.361 e. The van der Waals surface area contributed by atoms with E-state index < -0.39 is 0 Å². The molecule has 1 N–H and O–H groups in total. The van der Waals surface area contributed by atoms with E-state index in [1.807, 2.05) is 50.4 Å². The first kappa shape index (κ1) is 21.2. The highest BCUT2D eigenvalue weighted by Gasteiger charge is 2.32. The molecule has 4 heterocycles. The van der Waals surface area contributed by atoms with E-state index in [0.29, 0.717) is 25.1 Å². The van der Waals surface area contributed by atoms with Gasteiger partial charge in [0.2, 0.25) is 0 Å². The molecule has 1 unspecified atom stereocenters. The average Bonchev–Trinajstić information content (AvgIpc) is 3.45. The van der Waals surface area contributed by atoms with Crippen LogP contribution in [0.15, 0.2) is 58.1 Å². The van der Waals surface area contributed by atoms with Crippen LogP contribution in [0, 0.1) is 13.8 Å². The van der Waals surface area contributed by atoms with Crippen LogP contribution in [-0.4, -0.2) is 32.1 Å². The molecular weight excluding hydrogens is 416 g/mol. The number of nitrogens with zero attached hydrogens (tertiary/aromatic N) is 3. The number of aromatic nitrogens is 3. The summed E-state index contributed by atoms with van der Waals surface area (Å²) in [6, 6.07) is 11.7. The fourth-order valence-electron chi connectivity index (χ4n) is 4.85. The van der Waals surface area contributed by atoms with Crippen LogP contribution < -0.4 is 5.56 Å². The summed E-state index contributed by atoms with van der Waals surface area (Å²) in [7, 11) is 0. The molecule has 7 nitrogen and oxygen atoms in total. The Kier molecular flexibility index (Phi) is 5.62. The number of piperidine rings is 1. The number of rotatable bonds is 5. The average molecular weight is 445 g/mol. The third-order valence-electron chi connectivity index (χ3n) is 6.64. The molecule has 7 heteroatoms. The van der Waals surface area contributed by atoms with Gasteiger partial charge in [-0.3, -0.25) is 9.59 Å². The predicted molar refractivity (Wildman–Crippen MR) is 126 cm³/mol. The lowest BCUT2D eigenvalue weighted by molar-refractivity contribution is 0.0598. The minimum absolute atomic E-state index is 0.164. The summed E-state index contributed by atoms with van der Waals surface area (Å²) in [5, 5.41) is 5.32. The molecule has 33 heavy (non-hydrogen) atoms. The normalized spacial score (nSPS) is 16.4. The van der Waals surface area contributed by atoms with Gasteiger partial charge >= 0.3 is 0 Å². The zero-order valence-electron chi connectivity index (χ0n) is 19.0. The number of pyridine rings is 1. The van der Waals surface area contributed by atoms with E-state index in [2.05, 4.69) is 16.2 Å². The number of nitrogens with one attached hydrogen (secondary N) is 1. The van der Waals surface area contributed by atoms with E-state index in [9.17, 15) is 9.59 Å². The molecule has 0 bridgehead atoms. The number of hydrogen-bond donors (Lipinski definition) is 1. The molecule has 4 aromatic rings. The Bertz CT molecular complexity index is 1360. The number of benzene rings is 1. The van der Waals surface area contributed by atoms with Crippen molar-refractivity contribution in [2.75, 3.05) is 6.54 Å². The number of likely N-dealkylation sites (tertiary alicyclic amines) is 1. The molecule has 1 atom stereocenters. The number of hydrogen-bond acceptors (Lipinski definition) is 4. The van der Waals surface area contributed by atoms with Crippen molar-refractivity contribution in [2.24, 2.45) is 0 Å². The van der Waals surface area contributed by atoms with Crippen molar-refractivity contribution in [3.05, 3.63) is 87.3 Å². The Morgan fingerprint density at radius 1 is 1.21 bits per heavy atom. The number of aromatic amines is 1. The van der Waals surface area contributed by atoms with Gasteiger partial charge in [-0.25, -0.2) is 0 Å². The van der Waals surface area contributed by atoms with E-state index in [1.54, 1.807) is 15.7 Å². The van der Waals surface area contributed by atoms with Crippen LogP contribution in [0.1, 0.15) is 58.2 Å². The standard InChI is InChI=1S/C26H28N4O3/c1-17-10-13-29(14-11-19-16-27-21-8-4-3-7-20(19)21)25(31)24(17)26(32)30-12-6-5-9-23(30)22-15-18(2)33-28-22/h3-4,7-8,10,13,15-16,23,27H,5-6,9,11-12,14H2,1-2H3. The number of amides is 1. The lowest BCUT2D eigenvalue weighted by Crippen LogP contribution is -2.42. The maximum atomic E-state index is 13.6. The number of carbonyl (C=O) groups is 1. The predicted octanol–water partition coefficient (Wildman–Crippen LogP) is 4.54. The highest BCUT2D eigenvalue weighted by Crippen LogP contribution is 2.31. The Balaban J connectivity index is 1.42. The van der Waals surface area contributed by atoms with Gasteiger partial charge in [-0.15, -0.1) is 0 Å². The van der Waals surface area contributed by atoms with E-state index in [-0.39, 0.29) is 23.1 Å². The highest BCUT2D eigenvalue weighted by molar-refractivity contribution is 5.95. The molecule has 1 aromatic carbocycles. The van der Waals surface area contributed by atoms with Crippen molar-refractivity contribution in [3.63, 3.8) is 0 Å². The first-order valence-corrected chi connectivity index (χ1v) is 11.5. The third kappa shape index (κ3) is 3.99. The van der Waals surface area contributed by atoms with Gasteiger partial charge in [0.1, 0.15) is 17.0 Å². The van der Waals surface area contributed by atoms with Crippen molar-refractivity contribution in [1.29, 1.82) is 0 Å². The Hall–Kier alpha value is -3.61. The second kappa shape index (κ2) is 8.73. The van der Waals surface area contributed by atoms with Crippen LogP contribution in [0.2, 0.25) is 0 Å². The van der Waals surface area contributed by atoms with Crippen LogP contribution in [0.25, 0.3) is 10.9 Å². The van der Waals surface area contributed by atoms with Crippen molar-refractivity contribution < 1.29 is 9.32 Å². The molecule has 1 saturated heterocycles. The Labute approximate surface area is 192 Å². The summed E-state index contributed by atoms with van der Waals surface area (Å²) >= 11 is 0. The first-order chi connectivity index (χ1) is 16.0. The number of para-hydroxylation sites is 1. The fraction of sp³-hybridized carbons (Fsp3) is 0.346. The molecule has 1 fully saturated rings. The summed E-state index contributed by atoms with van der Waals surface area (Å²) in [5.74, 6) is 0.503. The van der Waals surface area contributed by atoms with Gasteiger partial charge in [-0.05, 0) is 62.8 Å². The van der Waals surface area contributed by atoms with Gasteiger partial charge in [0, 0.05) is 42.5 Å². The van der Waals surface area contributed by atoms with Crippen LogP contribution >= 0.6 is 0 Å². The molecule has 0 aliphatic carbocycles. The second-order valence-corrected chi connectivity index (χ2v) is 8.85. The molecule has 0 saturated carbocycles. The Morgan fingerprint density at radius 2 is 2.06 bits per heavy atom. The lowest BCUT2D eigenvalue weighted by atomic mass is 9.97. The van der Waals surface area contributed by atoms with Crippen LogP contribution in [0.5, 0.6) is 0 Å². The van der Waals surface area contributed by atoms with Gasteiger partial charge in [-0.1, -0.05) is 23.4 Å². The monoisotopic (exact) mass is 444 g/mol. The van der Waals surface area contributed by atoms with Gasteiger partial charge in [0.15, 0.2) is 0 Å². The summed E-state index contributed by atoms with van der Waals surface area (Å²) in [4.78, 5) is 32.1.